The molecule has 0 aromatic heterocycles. The van der Waals surface area contributed by atoms with Gasteiger partial charge in [0.25, 0.3) is 5.91 Å². The van der Waals surface area contributed by atoms with E-state index < -0.39 is 16.1 Å². The number of sulfonamides is 1. The second kappa shape index (κ2) is 11.3. The van der Waals surface area contributed by atoms with Gasteiger partial charge in [-0.05, 0) is 62.1 Å². The number of para-hydroxylation sites is 1. The van der Waals surface area contributed by atoms with Crippen LogP contribution in [-0.2, 0) is 14.8 Å². The molecule has 1 fully saturated rings. The average molecular weight is 461 g/mol. The van der Waals surface area contributed by atoms with Gasteiger partial charge < -0.3 is 14.8 Å². The highest BCUT2D eigenvalue weighted by Crippen LogP contribution is 2.23. The average Bonchev–Trinajstić information content (AvgIpc) is 2.82. The Hall–Kier alpha value is -2.58. The maximum atomic E-state index is 12.7. The number of ether oxygens (including phenoxy) is 2. The second-order valence-corrected chi connectivity index (χ2v) is 9.79. The van der Waals surface area contributed by atoms with Crippen LogP contribution in [0.4, 0.5) is 0 Å². The van der Waals surface area contributed by atoms with Crippen LogP contribution >= 0.6 is 0 Å². The van der Waals surface area contributed by atoms with Crippen LogP contribution in [0.25, 0.3) is 0 Å². The fraction of sp³-hybridized carbons (Fsp3) is 0.458. The van der Waals surface area contributed by atoms with E-state index in [-0.39, 0.29) is 17.4 Å². The molecule has 7 nitrogen and oxygen atoms in total. The minimum absolute atomic E-state index is 0.192. The van der Waals surface area contributed by atoms with Gasteiger partial charge in [0, 0.05) is 13.1 Å². The molecule has 174 valence electrons. The van der Waals surface area contributed by atoms with Crippen molar-refractivity contribution in [2.75, 3.05) is 26.2 Å². The van der Waals surface area contributed by atoms with Crippen molar-refractivity contribution in [3.63, 3.8) is 0 Å². The lowest BCUT2D eigenvalue weighted by molar-refractivity contribution is -0.128. The lowest BCUT2D eigenvalue weighted by atomic mass is 10.2. The topological polar surface area (TPSA) is 84.9 Å². The number of nitrogens with one attached hydrogen (secondary N) is 1. The molecule has 0 saturated carbocycles. The molecule has 1 heterocycles. The van der Waals surface area contributed by atoms with Gasteiger partial charge in [0.1, 0.15) is 18.1 Å². The smallest absolute Gasteiger partial charge is 0.261 e. The van der Waals surface area contributed by atoms with E-state index in [4.69, 9.17) is 9.47 Å². The number of carbonyl (C=O) groups is 1. The van der Waals surface area contributed by atoms with Crippen LogP contribution in [0.1, 0.15) is 38.2 Å². The van der Waals surface area contributed by atoms with E-state index in [1.54, 1.807) is 28.6 Å². The van der Waals surface area contributed by atoms with Crippen LogP contribution in [0.3, 0.4) is 0 Å². The first kappa shape index (κ1) is 24.1. The van der Waals surface area contributed by atoms with E-state index >= 15 is 0 Å². The molecule has 1 amide bonds. The molecule has 1 saturated heterocycles. The van der Waals surface area contributed by atoms with Crippen LogP contribution < -0.4 is 14.8 Å². The standard InChI is InChI=1S/C24H32N2O5S/c1-3-22(31-23-10-6-5-9-19(23)2)24(27)25-15-18-30-20-11-13-21(14-12-20)32(28,29)26-16-7-4-8-17-26/h5-6,9-14,22H,3-4,7-8,15-18H2,1-2H3,(H,25,27). The van der Waals surface area contributed by atoms with Gasteiger partial charge >= 0.3 is 0 Å². The summed E-state index contributed by atoms with van der Waals surface area (Å²) in [6.07, 6.45) is 2.86. The molecule has 0 spiro atoms. The van der Waals surface area contributed by atoms with Gasteiger partial charge in [-0.2, -0.15) is 4.31 Å². The van der Waals surface area contributed by atoms with Crippen molar-refractivity contribution in [1.29, 1.82) is 0 Å². The summed E-state index contributed by atoms with van der Waals surface area (Å²) < 4.78 is 38.5. The molecule has 1 aliphatic heterocycles. The third-order valence-corrected chi connectivity index (χ3v) is 7.39. The molecule has 8 heteroatoms. The molecule has 0 bridgehead atoms. The zero-order chi connectivity index (χ0) is 23.0. The van der Waals surface area contributed by atoms with Crippen molar-refractivity contribution in [2.45, 2.75) is 50.5 Å². The Bertz CT molecular complexity index is 986. The van der Waals surface area contributed by atoms with E-state index in [0.717, 1.165) is 24.8 Å². The second-order valence-electron chi connectivity index (χ2n) is 7.86. The number of piperidine rings is 1. The molecule has 0 aliphatic carbocycles. The summed E-state index contributed by atoms with van der Waals surface area (Å²) >= 11 is 0. The minimum atomic E-state index is -3.45. The highest BCUT2D eigenvalue weighted by Gasteiger charge is 2.25. The van der Waals surface area contributed by atoms with Gasteiger partial charge in [-0.15, -0.1) is 0 Å². The molecule has 2 aromatic rings. The van der Waals surface area contributed by atoms with Crippen molar-refractivity contribution >= 4 is 15.9 Å². The Balaban J connectivity index is 1.45. The van der Waals surface area contributed by atoms with E-state index in [1.165, 1.54) is 0 Å². The SMILES string of the molecule is CCC(Oc1ccccc1C)C(=O)NCCOc1ccc(S(=O)(=O)N2CCCCC2)cc1. The Kier molecular flexibility index (Phi) is 8.53. The van der Waals surface area contributed by atoms with Crippen LogP contribution in [0.5, 0.6) is 11.5 Å². The van der Waals surface area contributed by atoms with Gasteiger partial charge in [0.2, 0.25) is 10.0 Å². The fourth-order valence-corrected chi connectivity index (χ4v) is 5.10. The molecule has 1 unspecified atom stereocenters. The van der Waals surface area contributed by atoms with E-state index in [1.807, 2.05) is 38.1 Å². The third-order valence-electron chi connectivity index (χ3n) is 5.47. The Morgan fingerprint density at radius 3 is 2.41 bits per heavy atom. The summed E-state index contributed by atoms with van der Waals surface area (Å²) in [6, 6.07) is 14.0. The number of carbonyl (C=O) groups excluding carboxylic acids is 1. The number of hydrogen-bond donors (Lipinski definition) is 1. The van der Waals surface area contributed by atoms with Gasteiger partial charge in [0.05, 0.1) is 11.4 Å². The fourth-order valence-electron chi connectivity index (χ4n) is 3.58. The summed E-state index contributed by atoms with van der Waals surface area (Å²) in [5.74, 6) is 1.06. The van der Waals surface area contributed by atoms with Crippen molar-refractivity contribution in [2.24, 2.45) is 0 Å². The maximum Gasteiger partial charge on any atom is 0.261 e. The Morgan fingerprint density at radius 1 is 1.06 bits per heavy atom. The highest BCUT2D eigenvalue weighted by atomic mass is 32.2. The molecule has 32 heavy (non-hydrogen) atoms. The van der Waals surface area contributed by atoms with E-state index in [9.17, 15) is 13.2 Å². The first-order chi connectivity index (χ1) is 15.4. The van der Waals surface area contributed by atoms with Crippen molar-refractivity contribution in [3.8, 4) is 11.5 Å². The normalized spacial score (nSPS) is 15.7. The zero-order valence-electron chi connectivity index (χ0n) is 18.7. The maximum absolute atomic E-state index is 12.7. The summed E-state index contributed by atoms with van der Waals surface area (Å²) in [5, 5.41) is 2.83. The molecule has 3 rings (SSSR count). The minimum Gasteiger partial charge on any atom is -0.492 e. The first-order valence-corrected chi connectivity index (χ1v) is 12.6. The summed E-state index contributed by atoms with van der Waals surface area (Å²) in [4.78, 5) is 12.7. The van der Waals surface area contributed by atoms with Crippen LogP contribution in [-0.4, -0.2) is 51.0 Å². The Labute approximate surface area is 190 Å². The third kappa shape index (κ3) is 6.23. The Morgan fingerprint density at radius 2 is 1.75 bits per heavy atom. The number of aryl methyl sites for hydroxylation is 1. The van der Waals surface area contributed by atoms with Gasteiger partial charge in [-0.3, -0.25) is 4.79 Å². The quantitative estimate of drug-likeness (QED) is 0.549. The van der Waals surface area contributed by atoms with Crippen LogP contribution in [0, 0.1) is 6.92 Å². The number of hydrogen-bond acceptors (Lipinski definition) is 5. The summed E-state index contributed by atoms with van der Waals surface area (Å²) in [7, 11) is -3.45. The largest absolute Gasteiger partial charge is 0.492 e. The van der Waals surface area contributed by atoms with Gasteiger partial charge in [-0.25, -0.2) is 8.42 Å². The highest BCUT2D eigenvalue weighted by molar-refractivity contribution is 7.89. The molecule has 1 N–H and O–H groups in total. The van der Waals surface area contributed by atoms with Crippen molar-refractivity contribution in [1.82, 2.24) is 9.62 Å². The predicted octanol–water partition coefficient (Wildman–Crippen LogP) is 3.52. The zero-order valence-corrected chi connectivity index (χ0v) is 19.6. The molecule has 1 aliphatic rings. The van der Waals surface area contributed by atoms with Crippen LogP contribution in [0.15, 0.2) is 53.4 Å². The molecule has 1 atom stereocenters. The molecular formula is C24H32N2O5S. The number of amides is 1. The number of rotatable bonds is 10. The number of benzene rings is 2. The number of nitrogens with zero attached hydrogens (tertiary/aromatic N) is 1. The first-order valence-electron chi connectivity index (χ1n) is 11.1. The summed E-state index contributed by atoms with van der Waals surface area (Å²) in [6.45, 7) is 5.58. The van der Waals surface area contributed by atoms with Crippen molar-refractivity contribution < 1.29 is 22.7 Å². The lowest BCUT2D eigenvalue weighted by Crippen LogP contribution is -2.39. The van der Waals surface area contributed by atoms with E-state index in [0.29, 0.717) is 37.6 Å². The lowest BCUT2D eigenvalue weighted by Gasteiger charge is -2.25. The summed E-state index contributed by atoms with van der Waals surface area (Å²) in [5.41, 5.74) is 0.979. The van der Waals surface area contributed by atoms with Crippen molar-refractivity contribution in [3.05, 3.63) is 54.1 Å². The van der Waals surface area contributed by atoms with Crippen LogP contribution in [0.2, 0.25) is 0 Å². The van der Waals surface area contributed by atoms with Gasteiger partial charge in [0.15, 0.2) is 6.10 Å². The monoisotopic (exact) mass is 460 g/mol. The van der Waals surface area contributed by atoms with Gasteiger partial charge in [-0.1, -0.05) is 31.5 Å². The molecule has 0 radical (unpaired) electrons. The van der Waals surface area contributed by atoms with E-state index in [2.05, 4.69) is 5.32 Å². The molecule has 2 aromatic carbocycles. The molecular weight excluding hydrogens is 428 g/mol. The predicted molar refractivity (Wildman–Crippen MR) is 123 cm³/mol.